The quantitative estimate of drug-likeness (QED) is 0.646. The highest BCUT2D eigenvalue weighted by Crippen LogP contribution is 2.26. The topological polar surface area (TPSA) is 31.2 Å². The molecule has 0 aromatic carbocycles. The summed E-state index contributed by atoms with van der Waals surface area (Å²) in [6.07, 6.45) is 1.05. The van der Waals surface area contributed by atoms with Gasteiger partial charge < -0.3 is 10.1 Å². The van der Waals surface area contributed by atoms with Crippen molar-refractivity contribution in [2.75, 3.05) is 19.8 Å². The molecule has 1 unspecified atom stereocenters. The Labute approximate surface area is 68.8 Å². The highest BCUT2D eigenvalue weighted by Gasteiger charge is 2.28. The molecule has 1 atom stereocenters. The number of nitrogens with one attached hydrogen (secondary N) is 1. The number of rotatable bonds is 1. The molecule has 2 rings (SSSR count). The van der Waals surface area contributed by atoms with Crippen molar-refractivity contribution in [1.29, 1.82) is 0 Å². The first-order valence-corrected chi connectivity index (χ1v) is 4.36. The Hall–Kier alpha value is 0.140. The molecule has 0 bridgehead atoms. The van der Waals surface area contributed by atoms with Crippen LogP contribution in [-0.4, -0.2) is 25.8 Å². The van der Waals surface area contributed by atoms with E-state index in [1.807, 2.05) is 0 Å². The van der Waals surface area contributed by atoms with Gasteiger partial charge in [0.05, 0.1) is 13.2 Å². The van der Waals surface area contributed by atoms with Crippen molar-refractivity contribution in [3.8, 4) is 0 Å². The third-order valence-electron chi connectivity index (χ3n) is 1.90. The first-order chi connectivity index (χ1) is 4.88. The standard InChI is InChI=1S/C7H10BrNO/c8-6-1-2-10-4-5(6)7-3-9-7/h7,9H,1-4H2. The molecule has 2 nitrogen and oxygen atoms in total. The minimum atomic E-state index is 0.620. The van der Waals surface area contributed by atoms with Gasteiger partial charge in [0, 0.05) is 23.5 Å². The molecule has 0 saturated carbocycles. The Bertz CT molecular complexity index is 174. The summed E-state index contributed by atoms with van der Waals surface area (Å²) in [7, 11) is 0. The van der Waals surface area contributed by atoms with Crippen molar-refractivity contribution in [3.05, 3.63) is 10.1 Å². The van der Waals surface area contributed by atoms with Crippen molar-refractivity contribution in [3.63, 3.8) is 0 Å². The van der Waals surface area contributed by atoms with E-state index < -0.39 is 0 Å². The molecule has 56 valence electrons. The number of ether oxygens (including phenoxy) is 1. The molecular weight excluding hydrogens is 194 g/mol. The molecule has 0 amide bonds. The molecule has 2 heterocycles. The van der Waals surface area contributed by atoms with E-state index in [9.17, 15) is 0 Å². The van der Waals surface area contributed by atoms with Gasteiger partial charge in [-0.3, -0.25) is 0 Å². The predicted molar refractivity (Wildman–Crippen MR) is 43.2 cm³/mol. The first-order valence-electron chi connectivity index (χ1n) is 3.56. The summed E-state index contributed by atoms with van der Waals surface area (Å²) in [4.78, 5) is 0. The minimum Gasteiger partial charge on any atom is -0.377 e. The van der Waals surface area contributed by atoms with Crippen molar-refractivity contribution < 1.29 is 4.74 Å². The molecule has 0 aromatic heterocycles. The van der Waals surface area contributed by atoms with E-state index >= 15 is 0 Å². The van der Waals surface area contributed by atoms with Crippen LogP contribution in [0.3, 0.4) is 0 Å². The number of hydrogen-bond donors (Lipinski definition) is 1. The summed E-state index contributed by atoms with van der Waals surface area (Å²) < 4.78 is 6.68. The third-order valence-corrected chi connectivity index (χ3v) is 2.81. The summed E-state index contributed by atoms with van der Waals surface area (Å²) in [6, 6.07) is 0.620. The Morgan fingerprint density at radius 1 is 1.60 bits per heavy atom. The van der Waals surface area contributed by atoms with Gasteiger partial charge in [-0.1, -0.05) is 15.9 Å². The lowest BCUT2D eigenvalue weighted by Crippen LogP contribution is -2.13. The molecule has 0 spiro atoms. The summed E-state index contributed by atoms with van der Waals surface area (Å²) in [6.45, 7) is 2.82. The average Bonchev–Trinajstić information content (AvgIpc) is 2.71. The van der Waals surface area contributed by atoms with Crippen LogP contribution in [0.4, 0.5) is 0 Å². The fraction of sp³-hybridized carbons (Fsp3) is 0.714. The van der Waals surface area contributed by atoms with Crippen LogP contribution in [0.5, 0.6) is 0 Å². The minimum absolute atomic E-state index is 0.620. The maximum atomic E-state index is 5.33. The zero-order chi connectivity index (χ0) is 6.97. The second kappa shape index (κ2) is 2.64. The molecule has 1 fully saturated rings. The van der Waals surface area contributed by atoms with Gasteiger partial charge in [-0.25, -0.2) is 0 Å². The summed E-state index contributed by atoms with van der Waals surface area (Å²) in [5.41, 5.74) is 1.42. The number of halogens is 1. The van der Waals surface area contributed by atoms with Crippen LogP contribution in [0.1, 0.15) is 6.42 Å². The fourth-order valence-corrected chi connectivity index (χ4v) is 1.73. The maximum Gasteiger partial charge on any atom is 0.0703 e. The molecule has 2 aliphatic heterocycles. The largest absolute Gasteiger partial charge is 0.377 e. The zero-order valence-corrected chi connectivity index (χ0v) is 7.28. The van der Waals surface area contributed by atoms with Crippen LogP contribution < -0.4 is 5.32 Å². The second-order valence-corrected chi connectivity index (χ2v) is 3.65. The van der Waals surface area contributed by atoms with Crippen molar-refractivity contribution in [2.45, 2.75) is 12.5 Å². The van der Waals surface area contributed by atoms with Gasteiger partial charge in [0.1, 0.15) is 0 Å². The van der Waals surface area contributed by atoms with E-state index in [0.717, 1.165) is 26.2 Å². The van der Waals surface area contributed by atoms with Gasteiger partial charge in [-0.05, 0) is 5.57 Å². The number of hydrogen-bond acceptors (Lipinski definition) is 2. The Balaban J connectivity index is 2.12. The van der Waals surface area contributed by atoms with Gasteiger partial charge in [-0.2, -0.15) is 0 Å². The second-order valence-electron chi connectivity index (χ2n) is 2.69. The molecule has 2 aliphatic rings. The van der Waals surface area contributed by atoms with Crippen LogP contribution in [0.25, 0.3) is 0 Å². The lowest BCUT2D eigenvalue weighted by atomic mass is 10.1. The molecule has 0 aliphatic carbocycles. The smallest absolute Gasteiger partial charge is 0.0703 e. The average molecular weight is 204 g/mol. The fourth-order valence-electron chi connectivity index (χ4n) is 1.18. The highest BCUT2D eigenvalue weighted by atomic mass is 79.9. The SMILES string of the molecule is BrC1=C(C2CN2)COCC1. The van der Waals surface area contributed by atoms with Crippen molar-refractivity contribution in [2.24, 2.45) is 0 Å². The van der Waals surface area contributed by atoms with E-state index in [-0.39, 0.29) is 0 Å². The molecule has 10 heavy (non-hydrogen) atoms. The molecule has 1 saturated heterocycles. The lowest BCUT2D eigenvalue weighted by molar-refractivity contribution is 0.148. The zero-order valence-electron chi connectivity index (χ0n) is 5.69. The molecular formula is C7H10BrNO. The van der Waals surface area contributed by atoms with Gasteiger partial charge in [0.15, 0.2) is 0 Å². The molecule has 1 N–H and O–H groups in total. The van der Waals surface area contributed by atoms with E-state index in [4.69, 9.17) is 4.74 Å². The van der Waals surface area contributed by atoms with Gasteiger partial charge in [0.25, 0.3) is 0 Å². The summed E-state index contributed by atoms with van der Waals surface area (Å²) in [5, 5.41) is 3.27. The van der Waals surface area contributed by atoms with Crippen LogP contribution in [0.2, 0.25) is 0 Å². The normalized spacial score (nSPS) is 32.7. The van der Waals surface area contributed by atoms with Crippen molar-refractivity contribution >= 4 is 15.9 Å². The molecule has 3 heteroatoms. The van der Waals surface area contributed by atoms with Crippen LogP contribution >= 0.6 is 15.9 Å². The lowest BCUT2D eigenvalue weighted by Gasteiger charge is -2.15. The van der Waals surface area contributed by atoms with Gasteiger partial charge in [0.2, 0.25) is 0 Å². The summed E-state index contributed by atoms with van der Waals surface area (Å²) >= 11 is 3.55. The van der Waals surface area contributed by atoms with Crippen molar-refractivity contribution in [1.82, 2.24) is 5.32 Å². The third kappa shape index (κ3) is 1.26. The van der Waals surface area contributed by atoms with Gasteiger partial charge >= 0.3 is 0 Å². The molecule has 0 radical (unpaired) electrons. The van der Waals surface area contributed by atoms with Crippen LogP contribution in [-0.2, 0) is 4.74 Å². The molecule has 0 aromatic rings. The van der Waals surface area contributed by atoms with E-state index in [1.54, 1.807) is 0 Å². The van der Waals surface area contributed by atoms with Crippen LogP contribution in [0.15, 0.2) is 10.1 Å². The van der Waals surface area contributed by atoms with Crippen LogP contribution in [0, 0.1) is 0 Å². The first kappa shape index (κ1) is 6.83. The summed E-state index contributed by atoms with van der Waals surface area (Å²) in [5.74, 6) is 0. The maximum absolute atomic E-state index is 5.33. The predicted octanol–water partition coefficient (Wildman–Crippen LogP) is 1.03. The Kier molecular flexibility index (Phi) is 1.80. The van der Waals surface area contributed by atoms with E-state index in [0.29, 0.717) is 6.04 Å². The Morgan fingerprint density at radius 2 is 2.40 bits per heavy atom. The highest BCUT2D eigenvalue weighted by molar-refractivity contribution is 9.11. The van der Waals surface area contributed by atoms with Gasteiger partial charge in [-0.15, -0.1) is 0 Å². The van der Waals surface area contributed by atoms with E-state index in [2.05, 4.69) is 21.2 Å². The Morgan fingerprint density at radius 3 is 3.00 bits per heavy atom. The van der Waals surface area contributed by atoms with E-state index in [1.165, 1.54) is 10.1 Å². The monoisotopic (exact) mass is 203 g/mol.